The number of aromatic nitrogens is 3. The average Bonchev–Trinajstić information content (AvgIpc) is 2.97. The molecule has 3 atom stereocenters. The van der Waals surface area contributed by atoms with Gasteiger partial charge in [-0.3, -0.25) is 4.79 Å². The highest BCUT2D eigenvalue weighted by atomic mass is 35.5. The van der Waals surface area contributed by atoms with Gasteiger partial charge in [0.2, 0.25) is 5.88 Å². The van der Waals surface area contributed by atoms with E-state index in [1.807, 2.05) is 0 Å². The Bertz CT molecular complexity index is 1220. The van der Waals surface area contributed by atoms with Crippen molar-refractivity contribution >= 4 is 23.0 Å². The molecule has 0 bridgehead atoms. The maximum Gasteiger partial charge on any atom is 0.574 e. The molecule has 3 fully saturated rings. The molecule has 0 radical (unpaired) electrons. The number of nitrogens with zero attached hydrogens (tertiary/aromatic N) is 4. The van der Waals surface area contributed by atoms with Crippen molar-refractivity contribution in [2.75, 3.05) is 56.3 Å². The Morgan fingerprint density at radius 2 is 1.93 bits per heavy atom. The molecular weight excluding hydrogens is 579 g/mol. The van der Waals surface area contributed by atoms with Gasteiger partial charge in [-0.2, -0.15) is 5.10 Å². The van der Waals surface area contributed by atoms with Gasteiger partial charge in [-0.05, 0) is 50.0 Å². The fourth-order valence-electron chi connectivity index (χ4n) is 6.03. The van der Waals surface area contributed by atoms with Crippen LogP contribution in [0.2, 0.25) is 5.02 Å². The van der Waals surface area contributed by atoms with Gasteiger partial charge in [0, 0.05) is 31.8 Å². The van der Waals surface area contributed by atoms with Crippen molar-refractivity contribution in [3.05, 3.63) is 39.9 Å². The molecule has 2 aromatic heterocycles. The fraction of sp³-hybridized carbons (Fsp3) is 0.679. The zero-order valence-corrected chi connectivity index (χ0v) is 24.3. The zero-order valence-electron chi connectivity index (χ0n) is 23.5. The van der Waals surface area contributed by atoms with E-state index in [-0.39, 0.29) is 28.8 Å². The minimum atomic E-state index is -4.81. The first kappa shape index (κ1) is 30.8. The van der Waals surface area contributed by atoms with E-state index in [1.54, 1.807) is 12.3 Å². The molecule has 14 heteroatoms. The summed E-state index contributed by atoms with van der Waals surface area (Å²) in [7, 11) is 0. The first-order valence-electron chi connectivity index (χ1n) is 14.4. The van der Waals surface area contributed by atoms with Crippen molar-refractivity contribution in [1.82, 2.24) is 14.8 Å². The third kappa shape index (κ3) is 8.06. The first-order valence-corrected chi connectivity index (χ1v) is 14.8. The second-order valence-corrected chi connectivity index (χ2v) is 11.7. The van der Waals surface area contributed by atoms with Crippen molar-refractivity contribution in [3.63, 3.8) is 0 Å². The lowest BCUT2D eigenvalue weighted by Gasteiger charge is -2.40. The molecule has 42 heavy (non-hydrogen) atoms. The van der Waals surface area contributed by atoms with Crippen LogP contribution in [0.1, 0.15) is 45.1 Å². The third-order valence-corrected chi connectivity index (χ3v) is 8.39. The van der Waals surface area contributed by atoms with Crippen LogP contribution < -0.4 is 20.5 Å². The molecule has 2 aromatic rings. The van der Waals surface area contributed by atoms with Gasteiger partial charge in [0.15, 0.2) is 0 Å². The summed E-state index contributed by atoms with van der Waals surface area (Å²) in [6, 6.07) is 2.71. The Hall–Kier alpha value is -2.61. The van der Waals surface area contributed by atoms with Crippen molar-refractivity contribution in [3.8, 4) is 5.88 Å². The Labute approximate surface area is 247 Å². The number of pyridine rings is 1. The normalized spacial score (nSPS) is 26.9. The van der Waals surface area contributed by atoms with Gasteiger partial charge in [-0.1, -0.05) is 18.5 Å². The summed E-state index contributed by atoms with van der Waals surface area (Å²) in [5, 5.41) is 7.86. The molecule has 0 aromatic carbocycles. The van der Waals surface area contributed by atoms with Gasteiger partial charge < -0.3 is 29.2 Å². The van der Waals surface area contributed by atoms with E-state index < -0.39 is 12.2 Å². The number of nitrogens with one attached hydrogen (secondary N) is 1. The van der Waals surface area contributed by atoms with E-state index in [4.69, 9.17) is 25.8 Å². The molecule has 2 saturated heterocycles. The van der Waals surface area contributed by atoms with E-state index in [1.165, 1.54) is 16.9 Å². The molecule has 0 unspecified atom stereocenters. The average molecular weight is 616 g/mol. The Balaban J connectivity index is 1.24. The van der Waals surface area contributed by atoms with Crippen LogP contribution in [0.4, 0.5) is 24.5 Å². The van der Waals surface area contributed by atoms with Gasteiger partial charge in [-0.15, -0.1) is 13.2 Å². The van der Waals surface area contributed by atoms with Crippen LogP contribution in [-0.4, -0.2) is 79.4 Å². The van der Waals surface area contributed by atoms with Crippen LogP contribution in [0.3, 0.4) is 0 Å². The zero-order chi connectivity index (χ0) is 29.7. The fourth-order valence-corrected chi connectivity index (χ4v) is 6.23. The lowest BCUT2D eigenvalue weighted by atomic mass is 9.89. The highest BCUT2D eigenvalue weighted by Crippen LogP contribution is 2.34. The van der Waals surface area contributed by atoms with Gasteiger partial charge in [0.1, 0.15) is 5.02 Å². The molecule has 0 amide bonds. The Morgan fingerprint density at radius 3 is 2.60 bits per heavy atom. The lowest BCUT2D eigenvalue weighted by molar-refractivity contribution is -0.276. The Kier molecular flexibility index (Phi) is 10.1. The predicted octanol–water partition coefficient (Wildman–Crippen LogP) is 4.68. The van der Waals surface area contributed by atoms with Crippen LogP contribution in [0.25, 0.3) is 0 Å². The summed E-state index contributed by atoms with van der Waals surface area (Å²) < 4.78 is 60.4. The van der Waals surface area contributed by atoms with Crippen LogP contribution >= 0.6 is 11.6 Å². The van der Waals surface area contributed by atoms with Crippen molar-refractivity contribution in [2.24, 2.45) is 11.8 Å². The highest BCUT2D eigenvalue weighted by molar-refractivity contribution is 6.32. The van der Waals surface area contributed by atoms with Crippen molar-refractivity contribution in [1.29, 1.82) is 0 Å². The smallest absolute Gasteiger partial charge is 0.388 e. The maximum absolute atomic E-state index is 13.2. The van der Waals surface area contributed by atoms with Gasteiger partial charge in [0.05, 0.1) is 62.3 Å². The predicted molar refractivity (Wildman–Crippen MR) is 150 cm³/mol. The number of ether oxygens (including phenoxy) is 4. The number of anilines is 2. The lowest BCUT2D eigenvalue weighted by Crippen LogP contribution is -2.46. The summed E-state index contributed by atoms with van der Waals surface area (Å²) in [6.45, 7) is 6.21. The molecule has 0 spiro atoms. The van der Waals surface area contributed by atoms with Crippen LogP contribution in [-0.2, 0) is 14.2 Å². The van der Waals surface area contributed by atoms with Crippen LogP contribution in [0.15, 0.2) is 29.3 Å². The number of hydrogen-bond acceptors (Lipinski definition) is 9. The molecule has 5 rings (SSSR count). The molecule has 10 nitrogen and oxygen atoms in total. The minimum Gasteiger partial charge on any atom is -0.388 e. The minimum absolute atomic E-state index is 0.0511. The summed E-state index contributed by atoms with van der Waals surface area (Å²) in [4.78, 5) is 19.2. The largest absolute Gasteiger partial charge is 0.574 e. The molecule has 2 aliphatic heterocycles. The number of alkyl halides is 3. The van der Waals surface area contributed by atoms with Crippen LogP contribution in [0, 0.1) is 11.8 Å². The molecule has 1 N–H and O–H groups in total. The summed E-state index contributed by atoms with van der Waals surface area (Å²) >= 11 is 6.50. The molecule has 232 valence electrons. The second kappa shape index (κ2) is 13.8. The molecule has 1 saturated carbocycles. The number of rotatable bonds is 9. The monoisotopic (exact) mass is 615 g/mol. The van der Waals surface area contributed by atoms with E-state index in [0.29, 0.717) is 75.6 Å². The van der Waals surface area contributed by atoms with Crippen molar-refractivity contribution < 1.29 is 32.1 Å². The summed E-state index contributed by atoms with van der Waals surface area (Å²) in [5.41, 5.74) is 0.859. The van der Waals surface area contributed by atoms with Crippen molar-refractivity contribution in [2.45, 2.75) is 63.6 Å². The third-order valence-electron chi connectivity index (χ3n) is 8.03. The molecule has 1 aliphatic carbocycles. The van der Waals surface area contributed by atoms with Gasteiger partial charge >= 0.3 is 6.36 Å². The quantitative estimate of drug-likeness (QED) is 0.431. The molecule has 4 heterocycles. The number of halogens is 4. The highest BCUT2D eigenvalue weighted by Gasteiger charge is 2.33. The van der Waals surface area contributed by atoms with Crippen LogP contribution in [0.5, 0.6) is 5.88 Å². The van der Waals surface area contributed by atoms with Gasteiger partial charge in [-0.25, -0.2) is 9.67 Å². The Morgan fingerprint density at radius 1 is 1.12 bits per heavy atom. The van der Waals surface area contributed by atoms with E-state index in [0.717, 1.165) is 25.9 Å². The second-order valence-electron chi connectivity index (χ2n) is 11.3. The molecule has 3 aliphatic rings. The summed E-state index contributed by atoms with van der Waals surface area (Å²) in [5.74, 6) is 0.328. The molecular formula is C28H37ClF3N5O5. The van der Waals surface area contributed by atoms with E-state index in [9.17, 15) is 18.0 Å². The summed E-state index contributed by atoms with van der Waals surface area (Å²) in [6.07, 6.45) is 1.87. The maximum atomic E-state index is 13.2. The first-order chi connectivity index (χ1) is 20.2. The van der Waals surface area contributed by atoms with Gasteiger partial charge in [0.25, 0.3) is 5.56 Å². The topological polar surface area (TPSA) is 100.0 Å². The number of hydrogen-bond donors (Lipinski definition) is 1. The SMILES string of the molecule is C[C@H]1COC[C@@H](CNc2cnn([C@H]3CC[C@H](N(C[C@@H]4COCCO4)c4ccc(OC(F)(F)F)nc4)CC3)c(=O)c2Cl)C1. The van der Waals surface area contributed by atoms with E-state index in [2.05, 4.69) is 32.0 Å². The van der Waals surface area contributed by atoms with E-state index >= 15 is 0 Å². The standard InChI is InChI=1S/C28H37ClF3N5O5/c1-18-10-19(16-40-15-18)11-33-24-13-35-37(27(38)26(24)29)21-4-2-20(3-5-21)36(14-23-17-39-8-9-41-23)22-6-7-25(34-12-22)42-28(30,31)32/h6-7,12-13,18-21,23,33H,2-5,8-11,14-17H2,1H3/t18-,19-,20-,21-,23-/m1/s1.